The Morgan fingerprint density at radius 1 is 1.56 bits per heavy atom. The minimum atomic E-state index is -0.705. The molecular weight excluding hydrogens is 202 g/mol. The predicted octanol–water partition coefficient (Wildman–Crippen LogP) is 1.53. The first-order valence-corrected chi connectivity index (χ1v) is 5.83. The molecule has 0 aliphatic carbocycles. The molecule has 0 saturated carbocycles. The number of hydrogen-bond acceptors (Lipinski definition) is 3. The van der Waals surface area contributed by atoms with Crippen molar-refractivity contribution in [1.29, 1.82) is 0 Å². The molecular formula is C12H21N3O. The van der Waals surface area contributed by atoms with E-state index in [9.17, 15) is 4.79 Å². The molecule has 4 heteroatoms. The van der Waals surface area contributed by atoms with Crippen molar-refractivity contribution in [2.24, 2.45) is 5.73 Å². The minimum absolute atomic E-state index is 0.0880. The summed E-state index contributed by atoms with van der Waals surface area (Å²) in [6.07, 6.45) is 5.68. The second-order valence-electron chi connectivity index (χ2n) is 4.47. The third-order valence-corrected chi connectivity index (χ3v) is 2.78. The fourth-order valence-electron chi connectivity index (χ4n) is 1.72. The van der Waals surface area contributed by atoms with Crippen LogP contribution in [0.2, 0.25) is 0 Å². The van der Waals surface area contributed by atoms with Crippen molar-refractivity contribution in [2.45, 2.75) is 52.1 Å². The zero-order valence-corrected chi connectivity index (χ0v) is 10.4. The van der Waals surface area contributed by atoms with Crippen molar-refractivity contribution in [2.75, 3.05) is 0 Å². The van der Waals surface area contributed by atoms with E-state index in [1.165, 1.54) is 0 Å². The van der Waals surface area contributed by atoms with Gasteiger partial charge in [0.15, 0.2) is 5.78 Å². The maximum atomic E-state index is 12.0. The Labute approximate surface area is 96.8 Å². The highest BCUT2D eigenvalue weighted by Gasteiger charge is 2.26. The van der Waals surface area contributed by atoms with E-state index in [-0.39, 0.29) is 5.78 Å². The molecule has 1 atom stereocenters. The topological polar surface area (TPSA) is 60.9 Å². The fourth-order valence-corrected chi connectivity index (χ4v) is 1.72. The molecule has 0 amide bonds. The highest BCUT2D eigenvalue weighted by molar-refractivity contribution is 5.89. The summed E-state index contributed by atoms with van der Waals surface area (Å²) in [5, 5.41) is 4.14. The Morgan fingerprint density at radius 2 is 2.25 bits per heavy atom. The van der Waals surface area contributed by atoms with Gasteiger partial charge in [0.1, 0.15) is 0 Å². The van der Waals surface area contributed by atoms with Gasteiger partial charge in [-0.2, -0.15) is 5.10 Å². The summed E-state index contributed by atoms with van der Waals surface area (Å²) in [7, 11) is 0. The fraction of sp³-hybridized carbons (Fsp3) is 0.667. The van der Waals surface area contributed by atoms with E-state index >= 15 is 0 Å². The second-order valence-corrected chi connectivity index (χ2v) is 4.47. The molecule has 0 aliphatic heterocycles. The van der Waals surface area contributed by atoms with Crippen molar-refractivity contribution < 1.29 is 4.79 Å². The van der Waals surface area contributed by atoms with Crippen molar-refractivity contribution >= 4 is 5.78 Å². The largest absolute Gasteiger partial charge is 0.319 e. The van der Waals surface area contributed by atoms with E-state index in [1.54, 1.807) is 6.20 Å². The number of aryl methyl sites for hydroxylation is 1. The average molecular weight is 223 g/mol. The third kappa shape index (κ3) is 3.17. The number of hydrogen-bond donors (Lipinski definition) is 1. The van der Waals surface area contributed by atoms with E-state index in [2.05, 4.69) is 5.10 Å². The lowest BCUT2D eigenvalue weighted by Crippen LogP contribution is -2.45. The van der Waals surface area contributed by atoms with Gasteiger partial charge in [-0.3, -0.25) is 9.48 Å². The Hall–Kier alpha value is -1.16. The number of aromatic nitrogens is 2. The van der Waals surface area contributed by atoms with Gasteiger partial charge in [-0.15, -0.1) is 0 Å². The molecule has 16 heavy (non-hydrogen) atoms. The molecule has 0 bridgehead atoms. The molecule has 90 valence electrons. The monoisotopic (exact) mass is 223 g/mol. The highest BCUT2D eigenvalue weighted by atomic mass is 16.1. The van der Waals surface area contributed by atoms with Crippen molar-refractivity contribution in [1.82, 2.24) is 9.78 Å². The molecule has 1 heterocycles. The van der Waals surface area contributed by atoms with Crippen LogP contribution in [0.1, 0.15) is 39.2 Å². The van der Waals surface area contributed by atoms with Crippen LogP contribution in [0.4, 0.5) is 0 Å². The van der Waals surface area contributed by atoms with Gasteiger partial charge in [0.25, 0.3) is 0 Å². The molecule has 1 aromatic rings. The summed E-state index contributed by atoms with van der Waals surface area (Å²) in [6, 6.07) is 0. The number of ketones is 1. The number of nitrogens with zero attached hydrogens (tertiary/aromatic N) is 2. The molecule has 0 radical (unpaired) electrons. The van der Waals surface area contributed by atoms with Gasteiger partial charge in [0.05, 0.1) is 11.7 Å². The molecule has 1 unspecified atom stereocenters. The molecule has 0 fully saturated rings. The lowest BCUT2D eigenvalue weighted by Gasteiger charge is -2.21. The van der Waals surface area contributed by atoms with Crippen LogP contribution in [-0.2, 0) is 17.8 Å². The van der Waals surface area contributed by atoms with Gasteiger partial charge < -0.3 is 5.73 Å². The Morgan fingerprint density at radius 3 is 2.75 bits per heavy atom. The van der Waals surface area contributed by atoms with Gasteiger partial charge in [-0.05, 0) is 25.8 Å². The van der Waals surface area contributed by atoms with E-state index in [4.69, 9.17) is 5.73 Å². The van der Waals surface area contributed by atoms with Crippen LogP contribution in [0.25, 0.3) is 0 Å². The van der Waals surface area contributed by atoms with Gasteiger partial charge in [-0.25, -0.2) is 0 Å². The smallest absolute Gasteiger partial charge is 0.156 e. The van der Waals surface area contributed by atoms with Crippen LogP contribution in [0.3, 0.4) is 0 Å². The quantitative estimate of drug-likeness (QED) is 0.795. The SMILES string of the molecule is CCCC(C)(N)C(=O)Cc1cnn(CC)c1. The van der Waals surface area contributed by atoms with Crippen LogP contribution in [-0.4, -0.2) is 21.1 Å². The average Bonchev–Trinajstić information content (AvgIpc) is 2.65. The van der Waals surface area contributed by atoms with Crippen LogP contribution >= 0.6 is 0 Å². The lowest BCUT2D eigenvalue weighted by molar-refractivity contribution is -0.123. The number of Topliss-reactive ketones (excluding diaryl/α,β-unsaturated/α-hetero) is 1. The predicted molar refractivity (Wildman–Crippen MR) is 64.1 cm³/mol. The van der Waals surface area contributed by atoms with E-state index in [1.807, 2.05) is 31.6 Å². The summed E-state index contributed by atoms with van der Waals surface area (Å²) in [6.45, 7) is 6.68. The van der Waals surface area contributed by atoms with Gasteiger partial charge >= 0.3 is 0 Å². The van der Waals surface area contributed by atoms with Gasteiger partial charge in [-0.1, -0.05) is 13.3 Å². The summed E-state index contributed by atoms with van der Waals surface area (Å²) < 4.78 is 1.82. The first-order chi connectivity index (χ1) is 7.49. The first-order valence-electron chi connectivity index (χ1n) is 5.83. The molecule has 0 aliphatic rings. The Bertz CT molecular complexity index is 355. The summed E-state index contributed by atoms with van der Waals surface area (Å²) in [4.78, 5) is 12.0. The normalized spacial score (nSPS) is 14.8. The summed E-state index contributed by atoms with van der Waals surface area (Å²) in [5.41, 5.74) is 6.22. The van der Waals surface area contributed by atoms with Crippen molar-refractivity contribution in [3.05, 3.63) is 18.0 Å². The van der Waals surface area contributed by atoms with Crippen LogP contribution in [0.15, 0.2) is 12.4 Å². The maximum Gasteiger partial charge on any atom is 0.156 e. The number of carbonyl (C=O) groups is 1. The number of nitrogens with two attached hydrogens (primary N) is 1. The molecule has 2 N–H and O–H groups in total. The van der Waals surface area contributed by atoms with Crippen LogP contribution in [0, 0.1) is 0 Å². The Balaban J connectivity index is 2.63. The van der Waals surface area contributed by atoms with Crippen molar-refractivity contribution in [3.8, 4) is 0 Å². The molecule has 0 saturated heterocycles. The van der Waals surface area contributed by atoms with Gasteiger partial charge in [0, 0.05) is 19.2 Å². The minimum Gasteiger partial charge on any atom is -0.319 e. The zero-order valence-electron chi connectivity index (χ0n) is 10.4. The van der Waals surface area contributed by atoms with E-state index in [0.29, 0.717) is 6.42 Å². The molecule has 0 aromatic carbocycles. The second kappa shape index (κ2) is 5.25. The highest BCUT2D eigenvalue weighted by Crippen LogP contribution is 2.13. The molecule has 1 rings (SSSR count). The van der Waals surface area contributed by atoms with E-state index in [0.717, 1.165) is 24.9 Å². The van der Waals surface area contributed by atoms with Crippen molar-refractivity contribution in [3.63, 3.8) is 0 Å². The number of carbonyl (C=O) groups excluding carboxylic acids is 1. The first kappa shape index (κ1) is 12.9. The maximum absolute atomic E-state index is 12.0. The zero-order chi connectivity index (χ0) is 12.2. The Kier molecular flexibility index (Phi) is 4.24. The van der Waals surface area contributed by atoms with Crippen LogP contribution < -0.4 is 5.73 Å². The summed E-state index contributed by atoms with van der Waals surface area (Å²) >= 11 is 0. The molecule has 1 aromatic heterocycles. The molecule has 0 spiro atoms. The van der Waals surface area contributed by atoms with Crippen LogP contribution in [0.5, 0.6) is 0 Å². The number of rotatable bonds is 6. The molecule has 4 nitrogen and oxygen atoms in total. The third-order valence-electron chi connectivity index (χ3n) is 2.78. The van der Waals surface area contributed by atoms with Gasteiger partial charge in [0.2, 0.25) is 0 Å². The summed E-state index contributed by atoms with van der Waals surface area (Å²) in [5.74, 6) is 0.0880. The standard InChI is InChI=1S/C12H21N3O/c1-4-6-12(3,13)11(16)7-10-8-14-15(5-2)9-10/h8-9H,4-7,13H2,1-3H3. The van der Waals surface area contributed by atoms with E-state index < -0.39 is 5.54 Å². The lowest BCUT2D eigenvalue weighted by atomic mass is 9.89.